The number of furan rings is 1. The number of amides is 1. The van der Waals surface area contributed by atoms with Gasteiger partial charge < -0.3 is 14.5 Å². The lowest BCUT2D eigenvalue weighted by Crippen LogP contribution is -2.19. The lowest BCUT2D eigenvalue weighted by molar-refractivity contribution is -0.116. The Labute approximate surface area is 177 Å². The van der Waals surface area contributed by atoms with Crippen molar-refractivity contribution in [3.05, 3.63) is 76.4 Å². The maximum Gasteiger partial charge on any atom is 0.252 e. The van der Waals surface area contributed by atoms with Crippen LogP contribution in [0.3, 0.4) is 0 Å². The highest BCUT2D eigenvalue weighted by molar-refractivity contribution is 5.90. The topological polar surface area (TPSA) is 115 Å². The number of hydrogen-bond acceptors (Lipinski definition) is 6. The second kappa shape index (κ2) is 8.70. The molecule has 0 aliphatic rings. The Morgan fingerprint density at radius 1 is 1.23 bits per heavy atom. The lowest BCUT2D eigenvalue weighted by atomic mass is 10.1. The predicted molar refractivity (Wildman–Crippen MR) is 114 cm³/mol. The average Bonchev–Trinajstić information content (AvgIpc) is 3.42. The van der Waals surface area contributed by atoms with E-state index in [9.17, 15) is 9.59 Å². The third-order valence-corrected chi connectivity index (χ3v) is 4.61. The minimum atomic E-state index is -0.311. The van der Waals surface area contributed by atoms with E-state index in [2.05, 4.69) is 20.4 Å². The fourth-order valence-electron chi connectivity index (χ4n) is 3.10. The van der Waals surface area contributed by atoms with E-state index in [4.69, 9.17) is 9.15 Å². The molecule has 3 aromatic heterocycles. The Bertz CT molecular complexity index is 1240. The van der Waals surface area contributed by atoms with Crippen molar-refractivity contribution in [2.75, 3.05) is 12.4 Å². The minimum Gasteiger partial charge on any atom is -0.497 e. The summed E-state index contributed by atoms with van der Waals surface area (Å²) in [6.45, 7) is 1.71. The molecule has 31 heavy (non-hydrogen) atoms. The molecule has 1 amide bonds. The van der Waals surface area contributed by atoms with Crippen LogP contribution in [-0.4, -0.2) is 32.8 Å². The van der Waals surface area contributed by atoms with Gasteiger partial charge in [-0.25, -0.2) is 4.98 Å². The first-order chi connectivity index (χ1) is 15.0. The lowest BCUT2D eigenvalue weighted by Gasteiger charge is -2.08. The van der Waals surface area contributed by atoms with Crippen LogP contribution in [0.2, 0.25) is 0 Å². The SMILES string of the molecule is COc1ccc(CCC(=O)Nc2cc(-c3ccco3)nn2-c2nc(C)cc(=O)[nH]2)cc1. The van der Waals surface area contributed by atoms with E-state index in [1.807, 2.05) is 24.3 Å². The number of benzene rings is 1. The number of aryl methyl sites for hydroxylation is 2. The number of hydrogen-bond donors (Lipinski definition) is 2. The number of aromatic nitrogens is 4. The first-order valence-corrected chi connectivity index (χ1v) is 9.67. The van der Waals surface area contributed by atoms with Gasteiger partial charge in [-0.3, -0.25) is 14.6 Å². The molecule has 1 aromatic carbocycles. The van der Waals surface area contributed by atoms with E-state index in [-0.39, 0.29) is 23.8 Å². The number of nitrogens with zero attached hydrogens (tertiary/aromatic N) is 3. The standard InChI is InChI=1S/C22H21N5O4/c1-14-12-21(29)25-22(23-14)27-19(13-17(26-27)18-4-3-11-31-18)24-20(28)10-7-15-5-8-16(30-2)9-6-15/h3-6,8-9,11-13H,7,10H2,1-2H3,(H,24,28)(H,23,25,29). The highest BCUT2D eigenvalue weighted by Gasteiger charge is 2.17. The van der Waals surface area contributed by atoms with Gasteiger partial charge in [0.25, 0.3) is 5.56 Å². The number of anilines is 1. The zero-order valence-corrected chi connectivity index (χ0v) is 17.1. The summed E-state index contributed by atoms with van der Waals surface area (Å²) < 4.78 is 11.9. The van der Waals surface area contributed by atoms with Gasteiger partial charge in [0, 0.05) is 24.2 Å². The van der Waals surface area contributed by atoms with Crippen molar-refractivity contribution in [3.8, 4) is 23.2 Å². The number of ether oxygens (including phenoxy) is 1. The maximum absolute atomic E-state index is 12.6. The van der Waals surface area contributed by atoms with Gasteiger partial charge in [-0.05, 0) is 43.2 Å². The van der Waals surface area contributed by atoms with Gasteiger partial charge in [0.15, 0.2) is 5.76 Å². The smallest absolute Gasteiger partial charge is 0.252 e. The van der Waals surface area contributed by atoms with E-state index in [1.165, 1.54) is 17.0 Å². The zero-order chi connectivity index (χ0) is 21.8. The number of carbonyl (C=O) groups is 1. The van der Waals surface area contributed by atoms with Gasteiger partial charge >= 0.3 is 0 Å². The highest BCUT2D eigenvalue weighted by atomic mass is 16.5. The van der Waals surface area contributed by atoms with Crippen molar-refractivity contribution in [2.45, 2.75) is 19.8 Å². The molecule has 0 radical (unpaired) electrons. The molecule has 2 N–H and O–H groups in total. The van der Waals surface area contributed by atoms with E-state index >= 15 is 0 Å². The second-order valence-electron chi connectivity index (χ2n) is 6.91. The van der Waals surface area contributed by atoms with Gasteiger partial charge in [0.05, 0.1) is 13.4 Å². The average molecular weight is 419 g/mol. The zero-order valence-electron chi connectivity index (χ0n) is 17.1. The van der Waals surface area contributed by atoms with Crippen molar-refractivity contribution in [1.29, 1.82) is 0 Å². The van der Waals surface area contributed by atoms with Crippen LogP contribution < -0.4 is 15.6 Å². The summed E-state index contributed by atoms with van der Waals surface area (Å²) >= 11 is 0. The summed E-state index contributed by atoms with van der Waals surface area (Å²) in [5, 5.41) is 7.31. The Balaban J connectivity index is 1.57. The summed E-state index contributed by atoms with van der Waals surface area (Å²) in [7, 11) is 1.61. The molecular formula is C22H21N5O4. The third-order valence-electron chi connectivity index (χ3n) is 4.61. The Morgan fingerprint density at radius 2 is 2.03 bits per heavy atom. The minimum absolute atomic E-state index is 0.196. The molecule has 4 rings (SSSR count). The molecule has 0 aliphatic carbocycles. The number of H-pyrrole nitrogens is 1. The summed E-state index contributed by atoms with van der Waals surface area (Å²) in [5.41, 5.74) is 1.74. The monoisotopic (exact) mass is 419 g/mol. The molecule has 0 spiro atoms. The Morgan fingerprint density at radius 3 is 2.71 bits per heavy atom. The van der Waals surface area contributed by atoms with Crippen molar-refractivity contribution in [2.24, 2.45) is 0 Å². The van der Waals surface area contributed by atoms with Gasteiger partial charge in [-0.15, -0.1) is 0 Å². The summed E-state index contributed by atoms with van der Waals surface area (Å²) in [4.78, 5) is 31.5. The summed E-state index contributed by atoms with van der Waals surface area (Å²) in [6, 6.07) is 14.1. The van der Waals surface area contributed by atoms with Crippen LogP contribution in [0, 0.1) is 6.92 Å². The molecule has 0 bridgehead atoms. The molecule has 0 saturated heterocycles. The molecule has 158 valence electrons. The van der Waals surface area contributed by atoms with Crippen LogP contribution >= 0.6 is 0 Å². The van der Waals surface area contributed by atoms with E-state index in [0.717, 1.165) is 11.3 Å². The van der Waals surface area contributed by atoms with Crippen LogP contribution in [0.25, 0.3) is 17.4 Å². The number of carbonyl (C=O) groups excluding carboxylic acids is 1. The molecule has 3 heterocycles. The maximum atomic E-state index is 12.6. The Hall–Kier alpha value is -4.14. The van der Waals surface area contributed by atoms with Crippen molar-refractivity contribution < 1.29 is 13.9 Å². The number of rotatable bonds is 7. The van der Waals surface area contributed by atoms with Crippen LogP contribution in [0.5, 0.6) is 5.75 Å². The predicted octanol–water partition coefficient (Wildman–Crippen LogP) is 3.10. The normalized spacial score (nSPS) is 10.8. The number of methoxy groups -OCH3 is 1. The summed E-state index contributed by atoms with van der Waals surface area (Å²) in [5.74, 6) is 1.68. The van der Waals surface area contributed by atoms with Gasteiger partial charge in [-0.2, -0.15) is 9.78 Å². The first-order valence-electron chi connectivity index (χ1n) is 9.67. The highest BCUT2D eigenvalue weighted by Crippen LogP contribution is 2.24. The van der Waals surface area contributed by atoms with Crippen molar-refractivity contribution in [1.82, 2.24) is 19.7 Å². The molecule has 0 unspecified atom stereocenters. The van der Waals surface area contributed by atoms with Crippen molar-refractivity contribution in [3.63, 3.8) is 0 Å². The second-order valence-corrected chi connectivity index (χ2v) is 6.91. The molecule has 9 nitrogen and oxygen atoms in total. The molecule has 0 aliphatic heterocycles. The molecule has 0 atom stereocenters. The van der Waals surface area contributed by atoms with Gasteiger partial charge in [0.1, 0.15) is 17.3 Å². The number of nitrogens with one attached hydrogen (secondary N) is 2. The molecular weight excluding hydrogens is 398 g/mol. The van der Waals surface area contributed by atoms with E-state index in [0.29, 0.717) is 29.4 Å². The molecule has 4 aromatic rings. The molecule has 9 heteroatoms. The van der Waals surface area contributed by atoms with Crippen LogP contribution in [0.1, 0.15) is 17.7 Å². The Kier molecular flexibility index (Phi) is 5.65. The van der Waals surface area contributed by atoms with Crippen LogP contribution in [0.15, 0.2) is 64.0 Å². The first kappa shape index (κ1) is 20.1. The van der Waals surface area contributed by atoms with Crippen LogP contribution in [-0.2, 0) is 11.2 Å². The van der Waals surface area contributed by atoms with Gasteiger partial charge in [0.2, 0.25) is 11.9 Å². The largest absolute Gasteiger partial charge is 0.497 e. The molecule has 0 fully saturated rings. The quantitative estimate of drug-likeness (QED) is 0.476. The van der Waals surface area contributed by atoms with E-state index in [1.54, 1.807) is 32.2 Å². The summed E-state index contributed by atoms with van der Waals surface area (Å²) in [6.07, 6.45) is 2.37. The van der Waals surface area contributed by atoms with Crippen molar-refractivity contribution >= 4 is 11.7 Å². The van der Waals surface area contributed by atoms with E-state index < -0.39 is 0 Å². The fourth-order valence-corrected chi connectivity index (χ4v) is 3.10. The number of aromatic amines is 1. The van der Waals surface area contributed by atoms with Crippen LogP contribution in [0.4, 0.5) is 5.82 Å². The fraction of sp³-hybridized carbons (Fsp3) is 0.182. The molecule has 0 saturated carbocycles. The van der Waals surface area contributed by atoms with Gasteiger partial charge in [-0.1, -0.05) is 12.1 Å². The third kappa shape index (κ3) is 4.72.